The number of aldehydes is 1. The topological polar surface area (TPSA) is 51.2 Å². The standard InChI is InChI=1S/C15H18Br2O.C14H18O2/c1-12(18)6-3-2-4-7-13-8-5-9-14(10-13)11-15(16)17;1-12(16)6-3-2-4-7-13-8-5-9-14(10-13)11-15/h5,8-11H,2-4,6-7H2,1H3;5,8-11H,2-4,6-7H2,1H3. The second kappa shape index (κ2) is 18.5. The number of aryl methyl sites for hydroxylation is 2. The smallest absolute Gasteiger partial charge is 0.150 e. The number of hydrogen-bond donors (Lipinski definition) is 0. The van der Waals surface area contributed by atoms with Crippen molar-refractivity contribution >= 4 is 55.8 Å². The van der Waals surface area contributed by atoms with Crippen LogP contribution >= 0.6 is 31.9 Å². The van der Waals surface area contributed by atoms with Gasteiger partial charge in [0.25, 0.3) is 0 Å². The zero-order chi connectivity index (χ0) is 25.2. The molecule has 0 aromatic heterocycles. The maximum Gasteiger partial charge on any atom is 0.150 e. The summed E-state index contributed by atoms with van der Waals surface area (Å²) in [5.41, 5.74) is 4.49. The monoisotopic (exact) mass is 590 g/mol. The Bertz CT molecular complexity index is 930. The normalized spacial score (nSPS) is 10.1. The highest BCUT2D eigenvalue weighted by molar-refractivity contribution is 9.28. The second-order valence-electron chi connectivity index (χ2n) is 8.57. The average Bonchev–Trinajstić information content (AvgIpc) is 2.78. The van der Waals surface area contributed by atoms with Crippen LogP contribution in [0.15, 0.2) is 51.9 Å². The summed E-state index contributed by atoms with van der Waals surface area (Å²) in [5.74, 6) is 0.562. The highest BCUT2D eigenvalue weighted by Gasteiger charge is 1.99. The number of hydrogen-bond acceptors (Lipinski definition) is 3. The number of benzene rings is 2. The van der Waals surface area contributed by atoms with Crippen molar-refractivity contribution in [2.75, 3.05) is 0 Å². The van der Waals surface area contributed by atoms with Gasteiger partial charge in [0.05, 0.1) is 3.39 Å². The number of carbonyl (C=O) groups excluding carboxylic acids is 3. The molecule has 2 aromatic rings. The fourth-order valence-corrected chi connectivity index (χ4v) is 4.07. The van der Waals surface area contributed by atoms with E-state index in [1.165, 1.54) is 16.7 Å². The molecule has 0 atom stereocenters. The Morgan fingerprint density at radius 3 is 1.62 bits per heavy atom. The van der Waals surface area contributed by atoms with Crippen LogP contribution in [0.3, 0.4) is 0 Å². The molecule has 0 saturated heterocycles. The minimum Gasteiger partial charge on any atom is -0.300 e. The number of halogens is 2. The Kier molecular flexibility index (Phi) is 16.4. The fourth-order valence-electron chi connectivity index (χ4n) is 3.55. The molecule has 0 bridgehead atoms. The van der Waals surface area contributed by atoms with Gasteiger partial charge in [-0.25, -0.2) is 0 Å². The van der Waals surface area contributed by atoms with Gasteiger partial charge in [-0.1, -0.05) is 55.3 Å². The molecule has 0 aliphatic heterocycles. The lowest BCUT2D eigenvalue weighted by molar-refractivity contribution is -0.117. The molecule has 0 N–H and O–H groups in total. The summed E-state index contributed by atoms with van der Waals surface area (Å²) in [4.78, 5) is 32.1. The van der Waals surface area contributed by atoms with Gasteiger partial charge >= 0.3 is 0 Å². The fraction of sp³-hybridized carbons (Fsp3) is 0.414. The van der Waals surface area contributed by atoms with E-state index in [4.69, 9.17) is 0 Å². The van der Waals surface area contributed by atoms with Crippen LogP contribution in [-0.4, -0.2) is 17.9 Å². The maximum absolute atomic E-state index is 10.8. The Hall–Kier alpha value is -1.85. The molecule has 184 valence electrons. The van der Waals surface area contributed by atoms with E-state index >= 15 is 0 Å². The predicted octanol–water partition coefficient (Wildman–Crippen LogP) is 8.66. The summed E-state index contributed by atoms with van der Waals surface area (Å²) in [6.07, 6.45) is 12.8. The minimum absolute atomic E-state index is 0.267. The Morgan fingerprint density at radius 2 is 1.18 bits per heavy atom. The van der Waals surface area contributed by atoms with Gasteiger partial charge in [-0.3, -0.25) is 4.79 Å². The van der Waals surface area contributed by atoms with Crippen LogP contribution in [0.4, 0.5) is 0 Å². The summed E-state index contributed by atoms with van der Waals surface area (Å²) in [5, 5.41) is 0. The predicted molar refractivity (Wildman–Crippen MR) is 150 cm³/mol. The summed E-state index contributed by atoms with van der Waals surface area (Å²) >= 11 is 6.74. The van der Waals surface area contributed by atoms with Crippen molar-refractivity contribution in [3.63, 3.8) is 0 Å². The van der Waals surface area contributed by atoms with Gasteiger partial charge < -0.3 is 9.59 Å². The van der Waals surface area contributed by atoms with Crippen LogP contribution in [-0.2, 0) is 22.4 Å². The molecular weight excluding hydrogens is 556 g/mol. The first kappa shape index (κ1) is 30.2. The number of ketones is 2. The third-order valence-electron chi connectivity index (χ3n) is 5.30. The van der Waals surface area contributed by atoms with E-state index in [0.29, 0.717) is 12.2 Å². The van der Waals surface area contributed by atoms with Crippen LogP contribution in [0.25, 0.3) is 6.08 Å². The molecule has 2 rings (SSSR count). The van der Waals surface area contributed by atoms with E-state index in [0.717, 1.165) is 73.0 Å². The van der Waals surface area contributed by atoms with E-state index in [1.807, 2.05) is 30.3 Å². The highest BCUT2D eigenvalue weighted by Crippen LogP contribution is 2.19. The van der Waals surface area contributed by atoms with Crippen molar-refractivity contribution in [3.8, 4) is 0 Å². The lowest BCUT2D eigenvalue weighted by Crippen LogP contribution is -1.91. The first-order valence-corrected chi connectivity index (χ1v) is 13.5. The van der Waals surface area contributed by atoms with Crippen LogP contribution < -0.4 is 0 Å². The molecule has 0 spiro atoms. The highest BCUT2D eigenvalue weighted by atomic mass is 79.9. The van der Waals surface area contributed by atoms with E-state index in [9.17, 15) is 14.4 Å². The molecule has 0 amide bonds. The maximum atomic E-state index is 10.8. The number of Topliss-reactive ketones (excluding diaryl/α,β-unsaturated/α-hetero) is 2. The molecule has 2 aromatic carbocycles. The molecule has 0 saturated carbocycles. The quantitative estimate of drug-likeness (QED) is 0.163. The van der Waals surface area contributed by atoms with Crippen molar-refractivity contribution < 1.29 is 14.4 Å². The van der Waals surface area contributed by atoms with Crippen LogP contribution in [0.5, 0.6) is 0 Å². The number of rotatable bonds is 14. The first-order valence-electron chi connectivity index (χ1n) is 11.9. The first-order chi connectivity index (χ1) is 16.3. The van der Waals surface area contributed by atoms with Crippen LogP contribution in [0.1, 0.15) is 92.3 Å². The van der Waals surface area contributed by atoms with Crippen molar-refractivity contribution in [2.24, 2.45) is 0 Å². The third-order valence-corrected chi connectivity index (χ3v) is 5.76. The SMILES string of the molecule is CC(=O)CCCCCc1cccc(C=C(Br)Br)c1.CC(=O)CCCCCc1cccc(C=O)c1. The summed E-state index contributed by atoms with van der Waals surface area (Å²) < 4.78 is 0.952. The molecule has 34 heavy (non-hydrogen) atoms. The largest absolute Gasteiger partial charge is 0.300 e. The van der Waals surface area contributed by atoms with Gasteiger partial charge in [-0.15, -0.1) is 0 Å². The summed E-state index contributed by atoms with van der Waals surface area (Å²) in [7, 11) is 0. The molecular formula is C29H36Br2O3. The van der Waals surface area contributed by atoms with Crippen molar-refractivity contribution in [3.05, 3.63) is 74.2 Å². The van der Waals surface area contributed by atoms with E-state index in [2.05, 4.69) is 56.1 Å². The number of carbonyl (C=O) groups is 3. The van der Waals surface area contributed by atoms with Crippen LogP contribution in [0, 0.1) is 0 Å². The summed E-state index contributed by atoms with van der Waals surface area (Å²) in [6, 6.07) is 16.2. The second-order valence-corrected chi connectivity index (χ2v) is 11.3. The lowest BCUT2D eigenvalue weighted by Gasteiger charge is -2.03. The van der Waals surface area contributed by atoms with Gasteiger partial charge in [0, 0.05) is 18.4 Å². The Labute approximate surface area is 221 Å². The van der Waals surface area contributed by atoms with Gasteiger partial charge in [-0.2, -0.15) is 0 Å². The van der Waals surface area contributed by atoms with E-state index in [1.54, 1.807) is 13.8 Å². The average molecular weight is 592 g/mol. The lowest BCUT2D eigenvalue weighted by atomic mass is 10.0. The number of unbranched alkanes of at least 4 members (excludes halogenated alkanes) is 4. The molecule has 0 aliphatic carbocycles. The van der Waals surface area contributed by atoms with Crippen LogP contribution in [0.2, 0.25) is 0 Å². The van der Waals surface area contributed by atoms with Gasteiger partial charge in [0.15, 0.2) is 0 Å². The minimum atomic E-state index is 0.267. The van der Waals surface area contributed by atoms with Crippen molar-refractivity contribution in [1.82, 2.24) is 0 Å². The molecule has 0 radical (unpaired) electrons. The molecule has 5 heteroatoms. The molecule has 0 heterocycles. The van der Waals surface area contributed by atoms with Gasteiger partial charge in [0.1, 0.15) is 17.9 Å². The molecule has 3 nitrogen and oxygen atoms in total. The molecule has 0 fully saturated rings. The van der Waals surface area contributed by atoms with E-state index in [-0.39, 0.29) is 5.78 Å². The molecule has 0 aliphatic rings. The summed E-state index contributed by atoms with van der Waals surface area (Å²) in [6.45, 7) is 3.29. The Balaban J connectivity index is 0.000000342. The van der Waals surface area contributed by atoms with Gasteiger partial charge in [0.2, 0.25) is 0 Å². The van der Waals surface area contributed by atoms with E-state index < -0.39 is 0 Å². The third kappa shape index (κ3) is 15.9. The zero-order valence-corrected chi connectivity index (χ0v) is 23.5. The molecule has 0 unspecified atom stereocenters. The van der Waals surface area contributed by atoms with Crippen molar-refractivity contribution in [2.45, 2.75) is 78.1 Å². The zero-order valence-electron chi connectivity index (χ0n) is 20.3. The van der Waals surface area contributed by atoms with Gasteiger partial charge in [-0.05, 0) is 113 Å². The van der Waals surface area contributed by atoms with Crippen molar-refractivity contribution in [1.29, 1.82) is 0 Å². The Morgan fingerprint density at radius 1 is 0.706 bits per heavy atom.